The Bertz CT molecular complexity index is 3720. The molecular formula is C75H100F2N10O16Si. The van der Waals surface area contributed by atoms with Gasteiger partial charge in [-0.25, -0.2) is 13.6 Å². The molecule has 5 aromatic rings. The van der Waals surface area contributed by atoms with E-state index in [0.717, 1.165) is 29.8 Å². The summed E-state index contributed by atoms with van der Waals surface area (Å²) < 4.78 is 48.5. The first kappa shape index (κ1) is 84.5. The van der Waals surface area contributed by atoms with Crippen molar-refractivity contribution in [2.75, 3.05) is 26.3 Å². The van der Waals surface area contributed by atoms with Crippen LogP contribution in [0.15, 0.2) is 121 Å². The molecule has 29 heteroatoms. The van der Waals surface area contributed by atoms with E-state index in [4.69, 9.17) is 19.9 Å². The van der Waals surface area contributed by atoms with Crippen LogP contribution in [0, 0.1) is 17.0 Å². The van der Waals surface area contributed by atoms with Crippen LogP contribution in [0.4, 0.5) is 8.78 Å². The maximum absolute atomic E-state index is 15.6. The molecule has 0 fully saturated rings. The minimum Gasteiger partial charge on any atom is -0.466 e. The van der Waals surface area contributed by atoms with Crippen LogP contribution in [0.25, 0.3) is 11.1 Å². The number of hydrogen-bond acceptors (Lipinski definition) is 16. The summed E-state index contributed by atoms with van der Waals surface area (Å²) in [6.45, 7) is 13.9. The molecule has 7 atom stereocenters. The van der Waals surface area contributed by atoms with Crippen molar-refractivity contribution in [1.29, 1.82) is 0 Å². The fraction of sp³-hybridized carbons (Fsp3) is 0.467. The average Bonchev–Trinajstić information content (AvgIpc) is 1.62. The Morgan fingerprint density at radius 2 is 1.15 bits per heavy atom. The summed E-state index contributed by atoms with van der Waals surface area (Å²) in [6, 6.07) is 22.1. The Morgan fingerprint density at radius 3 is 1.74 bits per heavy atom. The summed E-state index contributed by atoms with van der Waals surface area (Å²) in [5.74, 6) is -11.5. The van der Waals surface area contributed by atoms with E-state index in [2.05, 4.69) is 56.9 Å². The Kier molecular flexibility index (Phi) is 34.0. The van der Waals surface area contributed by atoms with Gasteiger partial charge in [0.15, 0.2) is 0 Å². The standard InChI is InChI=1S/C75H100F2N10O16Si/c1-48(81-72(98)58(82-50(3)89)28-20-13-21-29-66(93)101-38-39-104(7,8)9)69(95)80-49(2)70(96)85-61(42-63(78)90)73(99)84-59(71(97)79-36-34-64(91)83-60(74(100)103-47-53-26-18-12-19-27-53)32-33-67(94)102-46-52-24-16-11-17-25-52)35-37-87(65(92)45-88)68(75(4,5)6)62-40-54(56-41-55(76)30-31-57(56)77)44-86(62)43-51-22-14-10-15-23-51/h10-12,14-19,22-27,30-31,40-41,44,48-49,58-61,68,88H,13,20-21,28-29,32-39,42-43,45-47H2,1-9H3,(H2,78,90)(H,79,97)(H,80,95)(H,81,98)(H,82,89)(H,83,91)(H,84,99)(H,85,96)/t48-,49-,58-,59-,60-,61-,68-/m0/s1. The molecule has 0 saturated carbocycles. The van der Waals surface area contributed by atoms with Gasteiger partial charge in [0.05, 0.1) is 19.1 Å². The van der Waals surface area contributed by atoms with Gasteiger partial charge >= 0.3 is 17.9 Å². The maximum Gasteiger partial charge on any atom is 0.328 e. The highest BCUT2D eigenvalue weighted by Gasteiger charge is 2.39. The lowest BCUT2D eigenvalue weighted by Crippen LogP contribution is -2.59. The monoisotopic (exact) mass is 1460 g/mol. The topological polar surface area (TPSA) is 371 Å². The van der Waals surface area contributed by atoms with Crippen LogP contribution in [-0.2, 0) is 91.5 Å². The minimum atomic E-state index is -1.86. The number of aliphatic hydroxyl groups is 1. The third-order valence-corrected chi connectivity index (χ3v) is 18.3. The van der Waals surface area contributed by atoms with Crippen LogP contribution in [0.3, 0.4) is 0 Å². The van der Waals surface area contributed by atoms with E-state index >= 15 is 4.39 Å². The number of carbonyl (C=O) groups is 12. The number of nitrogens with one attached hydrogen (secondary N) is 7. The number of aliphatic hydroxyl groups excluding tert-OH is 1. The first-order valence-electron chi connectivity index (χ1n) is 34.7. The molecule has 1 heterocycles. The Morgan fingerprint density at radius 1 is 0.596 bits per heavy atom. The highest BCUT2D eigenvalue weighted by molar-refractivity contribution is 6.76. The molecule has 104 heavy (non-hydrogen) atoms. The SMILES string of the molecule is CC(=O)N[C@@H](CCCCCC(=O)OCC[Si](C)(C)C)C(=O)N[C@@H](C)C(=O)N[C@@H](C)C(=O)N[C@@H](CC(N)=O)C(=O)N[C@@H](CCN(C(=O)CO)[C@@H](c1cc(-c2cc(F)ccc2F)cn1Cc1ccccc1)C(C)(C)C)C(=O)NCCC(=O)N[C@@H](CCC(=O)OCc1ccccc1)C(=O)OCc1ccccc1. The largest absolute Gasteiger partial charge is 0.466 e. The number of nitrogens with zero attached hydrogens (tertiary/aromatic N) is 2. The number of amides is 9. The molecule has 0 spiro atoms. The van der Waals surface area contributed by atoms with Gasteiger partial charge in [-0.15, -0.1) is 0 Å². The van der Waals surface area contributed by atoms with E-state index in [1.54, 1.807) is 110 Å². The van der Waals surface area contributed by atoms with Gasteiger partial charge in [0.2, 0.25) is 53.2 Å². The predicted octanol–water partition coefficient (Wildman–Crippen LogP) is 6.23. The van der Waals surface area contributed by atoms with Crippen LogP contribution in [0.5, 0.6) is 0 Å². The third kappa shape index (κ3) is 29.7. The second-order valence-electron chi connectivity index (χ2n) is 27.8. The normalized spacial score (nSPS) is 13.3. The van der Waals surface area contributed by atoms with Crippen molar-refractivity contribution in [3.8, 4) is 11.1 Å². The van der Waals surface area contributed by atoms with Gasteiger partial charge in [-0.05, 0) is 91.9 Å². The van der Waals surface area contributed by atoms with Crippen molar-refractivity contribution in [1.82, 2.24) is 46.7 Å². The molecule has 9 amide bonds. The molecule has 0 unspecified atom stereocenters. The van der Waals surface area contributed by atoms with E-state index in [1.807, 2.05) is 18.2 Å². The zero-order valence-electron chi connectivity index (χ0n) is 60.6. The zero-order chi connectivity index (χ0) is 76.7. The number of esters is 3. The molecule has 0 bridgehead atoms. The Labute approximate surface area is 606 Å². The molecule has 0 aliphatic heterocycles. The number of aromatic nitrogens is 1. The number of halogens is 2. The summed E-state index contributed by atoms with van der Waals surface area (Å²) >= 11 is 0. The number of hydrogen-bond donors (Lipinski definition) is 9. The Hall–Kier alpha value is -10.2. The van der Waals surface area contributed by atoms with Crippen LogP contribution in [0.1, 0.15) is 134 Å². The molecule has 10 N–H and O–H groups in total. The summed E-state index contributed by atoms with van der Waals surface area (Å²) in [7, 11) is -1.40. The molecule has 0 aliphatic carbocycles. The van der Waals surface area contributed by atoms with Gasteiger partial charge in [0.1, 0.15) is 67.7 Å². The number of primary amides is 1. The van der Waals surface area contributed by atoms with Crippen molar-refractivity contribution in [3.05, 3.63) is 155 Å². The predicted molar refractivity (Wildman–Crippen MR) is 385 cm³/mol. The van der Waals surface area contributed by atoms with Gasteiger partial charge in [-0.3, -0.25) is 52.7 Å². The van der Waals surface area contributed by atoms with Crippen LogP contribution in [0.2, 0.25) is 25.7 Å². The van der Waals surface area contributed by atoms with Crippen molar-refractivity contribution in [2.45, 2.75) is 193 Å². The van der Waals surface area contributed by atoms with E-state index in [9.17, 15) is 67.0 Å². The molecule has 564 valence electrons. The minimum absolute atomic E-state index is 0.0499. The van der Waals surface area contributed by atoms with Crippen molar-refractivity contribution < 1.29 is 85.6 Å². The quantitative estimate of drug-likeness (QED) is 0.00905. The van der Waals surface area contributed by atoms with E-state index in [1.165, 1.54) is 25.7 Å². The number of nitrogens with two attached hydrogens (primary N) is 1. The van der Waals surface area contributed by atoms with Crippen molar-refractivity contribution in [3.63, 3.8) is 0 Å². The Balaban J connectivity index is 1.39. The highest BCUT2D eigenvalue weighted by Crippen LogP contribution is 2.41. The number of benzene rings is 4. The fourth-order valence-corrected chi connectivity index (χ4v) is 11.8. The number of ether oxygens (including phenoxy) is 3. The summed E-state index contributed by atoms with van der Waals surface area (Å²) in [5, 5.41) is 28.3. The average molecular weight is 1460 g/mol. The zero-order valence-corrected chi connectivity index (χ0v) is 61.6. The summed E-state index contributed by atoms with van der Waals surface area (Å²) in [6.07, 6.45) is 0.917. The summed E-state index contributed by atoms with van der Waals surface area (Å²) in [5.41, 5.74) is 7.31. The molecule has 5 rings (SSSR count). The van der Waals surface area contributed by atoms with Gasteiger partial charge in [-0.1, -0.05) is 144 Å². The van der Waals surface area contributed by atoms with E-state index in [0.29, 0.717) is 42.7 Å². The summed E-state index contributed by atoms with van der Waals surface area (Å²) in [4.78, 5) is 163. The van der Waals surface area contributed by atoms with Crippen molar-refractivity contribution in [2.24, 2.45) is 11.1 Å². The lowest BCUT2D eigenvalue weighted by atomic mass is 9.82. The number of rotatable bonds is 42. The number of unbranched alkanes of at least 4 members (excludes halogenated alkanes) is 2. The first-order valence-corrected chi connectivity index (χ1v) is 38.4. The van der Waals surface area contributed by atoms with Crippen LogP contribution < -0.4 is 43.0 Å². The first-order chi connectivity index (χ1) is 49.2. The smallest absolute Gasteiger partial charge is 0.328 e. The molecule has 4 aromatic carbocycles. The molecule has 26 nitrogen and oxygen atoms in total. The molecule has 1 aromatic heterocycles. The second kappa shape index (κ2) is 41.8. The molecule has 0 saturated heterocycles. The van der Waals surface area contributed by atoms with Crippen molar-refractivity contribution >= 4 is 79.1 Å². The highest BCUT2D eigenvalue weighted by atomic mass is 28.3. The lowest BCUT2D eigenvalue weighted by molar-refractivity contribution is -0.151. The van der Waals surface area contributed by atoms with Gasteiger partial charge in [0, 0.05) is 76.9 Å². The number of carbonyl (C=O) groups excluding carboxylic acids is 12. The van der Waals surface area contributed by atoms with Crippen LogP contribution in [-0.4, -0.2) is 156 Å². The van der Waals surface area contributed by atoms with Gasteiger partial charge in [-0.2, -0.15) is 0 Å². The van der Waals surface area contributed by atoms with Gasteiger partial charge < -0.3 is 71.7 Å². The fourth-order valence-electron chi connectivity index (χ4n) is 11.1. The van der Waals surface area contributed by atoms with E-state index in [-0.39, 0.29) is 62.5 Å². The van der Waals surface area contributed by atoms with Gasteiger partial charge in [0.25, 0.3) is 0 Å². The molecule has 0 radical (unpaired) electrons. The van der Waals surface area contributed by atoms with Crippen LogP contribution >= 0.6 is 0 Å². The third-order valence-electron chi connectivity index (χ3n) is 16.6. The van der Waals surface area contributed by atoms with E-state index < -0.39 is 171 Å². The molecule has 0 aliphatic rings. The molecular weight excluding hydrogens is 1360 g/mol. The maximum atomic E-state index is 15.6. The second-order valence-corrected chi connectivity index (χ2v) is 33.4. The lowest BCUT2D eigenvalue weighted by Gasteiger charge is -2.41.